The Labute approximate surface area is 118 Å². The Morgan fingerprint density at radius 3 is 2.63 bits per heavy atom. The van der Waals surface area contributed by atoms with Crippen LogP contribution in [0.5, 0.6) is 0 Å². The number of aryl methyl sites for hydroxylation is 1. The van der Waals surface area contributed by atoms with E-state index in [1.165, 1.54) is 18.5 Å². The molecule has 6 heteroatoms. The number of ketones is 1. The summed E-state index contributed by atoms with van der Waals surface area (Å²) in [4.78, 5) is 23.0. The van der Waals surface area contributed by atoms with Crippen LogP contribution >= 0.6 is 11.5 Å². The molecular formula is C13H21N3O2S. The number of hydrogen-bond acceptors (Lipinski definition) is 5. The summed E-state index contributed by atoms with van der Waals surface area (Å²) in [5.74, 6) is 0.468. The zero-order chi connectivity index (χ0) is 14.4. The van der Waals surface area contributed by atoms with E-state index in [0.717, 1.165) is 10.7 Å². The van der Waals surface area contributed by atoms with Crippen LogP contribution in [0, 0.1) is 12.8 Å². The molecule has 0 aromatic carbocycles. The zero-order valence-electron chi connectivity index (χ0n) is 11.9. The Hall–Kier alpha value is -1.43. The number of Topliss-reactive ketones (excluding diaryl/α,β-unsaturated/α-hetero) is 1. The average Bonchev–Trinajstić information content (AvgIpc) is 2.68. The van der Waals surface area contributed by atoms with Crippen LogP contribution in [-0.2, 0) is 4.79 Å². The van der Waals surface area contributed by atoms with E-state index in [9.17, 15) is 9.59 Å². The summed E-state index contributed by atoms with van der Waals surface area (Å²) in [6.07, 6.45) is 0.390. The first-order valence-electron chi connectivity index (χ1n) is 6.39. The minimum Gasteiger partial charge on any atom is -0.375 e. The fraction of sp³-hybridized carbons (Fsp3) is 0.615. The third-order valence-electron chi connectivity index (χ3n) is 2.56. The van der Waals surface area contributed by atoms with Crippen molar-refractivity contribution in [2.75, 3.05) is 18.4 Å². The van der Waals surface area contributed by atoms with Crippen LogP contribution in [0.15, 0.2) is 0 Å². The molecule has 0 spiro atoms. The van der Waals surface area contributed by atoms with Gasteiger partial charge in [0.05, 0.1) is 11.3 Å². The molecule has 19 heavy (non-hydrogen) atoms. The van der Waals surface area contributed by atoms with Crippen molar-refractivity contribution < 1.29 is 9.59 Å². The SMILES string of the molecule is CC(=O)c1c(C)nsc1NCCC(=O)NCC(C)C. The Balaban J connectivity index is 2.41. The largest absolute Gasteiger partial charge is 0.375 e. The highest BCUT2D eigenvalue weighted by molar-refractivity contribution is 7.10. The number of anilines is 1. The fourth-order valence-corrected chi connectivity index (χ4v) is 2.47. The van der Waals surface area contributed by atoms with Crippen LogP contribution in [-0.4, -0.2) is 29.2 Å². The van der Waals surface area contributed by atoms with Crippen molar-refractivity contribution in [3.8, 4) is 0 Å². The highest BCUT2D eigenvalue weighted by Crippen LogP contribution is 2.24. The Morgan fingerprint density at radius 2 is 2.05 bits per heavy atom. The predicted molar refractivity (Wildman–Crippen MR) is 77.8 cm³/mol. The molecule has 0 bridgehead atoms. The molecule has 1 heterocycles. The number of aromatic nitrogens is 1. The van der Waals surface area contributed by atoms with Crippen molar-refractivity contribution in [1.82, 2.24) is 9.69 Å². The number of rotatable bonds is 7. The number of carbonyl (C=O) groups is 2. The van der Waals surface area contributed by atoms with Crippen molar-refractivity contribution in [2.24, 2.45) is 5.92 Å². The summed E-state index contributed by atoms with van der Waals surface area (Å²) >= 11 is 1.26. The second-order valence-corrected chi connectivity index (χ2v) is 5.68. The number of nitrogens with one attached hydrogen (secondary N) is 2. The second-order valence-electron chi connectivity index (χ2n) is 4.90. The maximum atomic E-state index is 11.5. The monoisotopic (exact) mass is 283 g/mol. The van der Waals surface area contributed by atoms with Gasteiger partial charge in [-0.3, -0.25) is 9.59 Å². The van der Waals surface area contributed by atoms with Crippen LogP contribution in [0.25, 0.3) is 0 Å². The minimum atomic E-state index is -0.00184. The van der Waals surface area contributed by atoms with E-state index in [0.29, 0.717) is 31.0 Å². The molecule has 0 aliphatic heterocycles. The summed E-state index contributed by atoms with van der Waals surface area (Å²) in [6.45, 7) is 8.64. The first-order valence-corrected chi connectivity index (χ1v) is 7.17. The lowest BCUT2D eigenvalue weighted by molar-refractivity contribution is -0.120. The quantitative estimate of drug-likeness (QED) is 0.753. The van der Waals surface area contributed by atoms with E-state index in [1.54, 1.807) is 0 Å². The van der Waals surface area contributed by atoms with Crippen LogP contribution in [0.3, 0.4) is 0 Å². The topological polar surface area (TPSA) is 71.1 Å². The summed E-state index contributed by atoms with van der Waals surface area (Å²) in [6, 6.07) is 0. The maximum Gasteiger partial charge on any atom is 0.221 e. The predicted octanol–water partition coefficient (Wildman–Crippen LogP) is 2.23. The number of nitrogens with zero attached hydrogens (tertiary/aromatic N) is 1. The van der Waals surface area contributed by atoms with Gasteiger partial charge in [0.1, 0.15) is 5.00 Å². The van der Waals surface area contributed by atoms with Crippen molar-refractivity contribution in [3.63, 3.8) is 0 Å². The Bertz CT molecular complexity index is 455. The van der Waals surface area contributed by atoms with E-state index in [4.69, 9.17) is 0 Å². The first-order chi connectivity index (χ1) is 8.91. The second kappa shape index (κ2) is 7.23. The molecule has 1 aromatic heterocycles. The molecule has 0 radical (unpaired) electrons. The van der Waals surface area contributed by atoms with Gasteiger partial charge in [-0.1, -0.05) is 13.8 Å². The molecular weight excluding hydrogens is 262 g/mol. The third kappa shape index (κ3) is 4.98. The third-order valence-corrected chi connectivity index (χ3v) is 3.46. The molecule has 0 saturated heterocycles. The molecule has 0 saturated carbocycles. The van der Waals surface area contributed by atoms with Gasteiger partial charge in [0, 0.05) is 19.5 Å². The van der Waals surface area contributed by atoms with Crippen LogP contribution in [0.4, 0.5) is 5.00 Å². The minimum absolute atomic E-state index is 0.00184. The molecule has 0 aliphatic carbocycles. The summed E-state index contributed by atoms with van der Waals surface area (Å²) in [5.41, 5.74) is 1.37. The van der Waals surface area contributed by atoms with Crippen molar-refractivity contribution in [2.45, 2.75) is 34.1 Å². The molecule has 106 valence electrons. The van der Waals surface area contributed by atoms with Gasteiger partial charge in [-0.2, -0.15) is 4.37 Å². The van der Waals surface area contributed by atoms with Gasteiger partial charge in [-0.25, -0.2) is 0 Å². The highest BCUT2D eigenvalue weighted by Gasteiger charge is 2.14. The molecule has 2 N–H and O–H groups in total. The maximum absolute atomic E-state index is 11.5. The van der Waals surface area contributed by atoms with E-state index in [-0.39, 0.29) is 11.7 Å². The summed E-state index contributed by atoms with van der Waals surface area (Å²) < 4.78 is 4.15. The number of carbonyl (C=O) groups excluding carboxylic acids is 2. The summed E-state index contributed by atoms with van der Waals surface area (Å²) in [5, 5.41) is 6.71. The van der Waals surface area contributed by atoms with Crippen LogP contribution in [0.2, 0.25) is 0 Å². The molecule has 0 atom stereocenters. The molecule has 0 aliphatic rings. The number of amides is 1. The van der Waals surface area contributed by atoms with E-state index in [2.05, 4.69) is 28.9 Å². The van der Waals surface area contributed by atoms with Crippen LogP contribution in [0.1, 0.15) is 43.2 Å². The fourth-order valence-electron chi connectivity index (χ4n) is 1.60. The smallest absolute Gasteiger partial charge is 0.221 e. The van der Waals surface area contributed by atoms with Crippen molar-refractivity contribution >= 4 is 28.2 Å². The average molecular weight is 283 g/mol. The van der Waals surface area contributed by atoms with Crippen molar-refractivity contribution in [1.29, 1.82) is 0 Å². The lowest BCUT2D eigenvalue weighted by Gasteiger charge is -2.08. The van der Waals surface area contributed by atoms with Gasteiger partial charge < -0.3 is 10.6 Å². The van der Waals surface area contributed by atoms with Gasteiger partial charge in [0.25, 0.3) is 0 Å². The van der Waals surface area contributed by atoms with Gasteiger partial charge >= 0.3 is 0 Å². The molecule has 1 rings (SSSR count). The van der Waals surface area contributed by atoms with E-state index < -0.39 is 0 Å². The van der Waals surface area contributed by atoms with Gasteiger partial charge in [0.15, 0.2) is 5.78 Å². The van der Waals surface area contributed by atoms with E-state index in [1.807, 2.05) is 6.92 Å². The Morgan fingerprint density at radius 1 is 1.37 bits per heavy atom. The summed E-state index contributed by atoms with van der Waals surface area (Å²) in [7, 11) is 0. The molecule has 5 nitrogen and oxygen atoms in total. The molecule has 1 amide bonds. The first kappa shape index (κ1) is 15.6. The Kier molecular flexibility index (Phi) is 5.95. The van der Waals surface area contributed by atoms with Gasteiger partial charge in [-0.05, 0) is 31.3 Å². The molecule has 0 unspecified atom stereocenters. The zero-order valence-corrected chi connectivity index (χ0v) is 12.7. The molecule has 1 aromatic rings. The standard InChI is InChI=1S/C13H21N3O2S/c1-8(2)7-15-11(18)5-6-14-13-12(10(4)17)9(3)16-19-13/h8,14H,5-7H2,1-4H3,(H,15,18). The lowest BCUT2D eigenvalue weighted by atomic mass is 10.2. The molecule has 0 fully saturated rings. The normalized spacial score (nSPS) is 10.6. The van der Waals surface area contributed by atoms with E-state index >= 15 is 0 Å². The van der Waals surface area contributed by atoms with Crippen molar-refractivity contribution in [3.05, 3.63) is 11.3 Å². The van der Waals surface area contributed by atoms with Crippen LogP contribution < -0.4 is 10.6 Å². The van der Waals surface area contributed by atoms with Gasteiger partial charge in [-0.15, -0.1) is 0 Å². The number of hydrogen-bond donors (Lipinski definition) is 2. The lowest BCUT2D eigenvalue weighted by Crippen LogP contribution is -2.28. The highest BCUT2D eigenvalue weighted by atomic mass is 32.1. The van der Waals surface area contributed by atoms with Gasteiger partial charge in [0.2, 0.25) is 5.91 Å².